The molecule has 1 aliphatic rings. The summed E-state index contributed by atoms with van der Waals surface area (Å²) >= 11 is 0. The standard InChI is InChI=1S/C33H34N2O7/c1-20(2)19-41-23-11-7-10-22(16-23)24(17-27(37)35-14-12-34(3)13-15-35)28-30(38)32(40)31(39)29-25(36)18-26(42-33(28)29)21-8-5-4-6-9-21/h4-11,16,18,24,38-40H,1,12-15,17,19H2,2-3H3/t24-/m1/s1. The van der Waals surface area contributed by atoms with Gasteiger partial charge in [0.2, 0.25) is 11.7 Å². The minimum absolute atomic E-state index is 0.0229. The highest BCUT2D eigenvalue weighted by Gasteiger charge is 2.32. The zero-order chi connectivity index (χ0) is 30.0. The van der Waals surface area contributed by atoms with Crippen LogP contribution in [0.15, 0.2) is 82.0 Å². The number of hydrogen-bond acceptors (Lipinski definition) is 8. The van der Waals surface area contributed by atoms with Crippen molar-refractivity contribution < 1.29 is 29.3 Å². The fraction of sp³-hybridized carbons (Fsp3) is 0.273. The first-order valence-electron chi connectivity index (χ1n) is 13.8. The second kappa shape index (κ2) is 12.0. The van der Waals surface area contributed by atoms with E-state index in [9.17, 15) is 24.9 Å². The fourth-order valence-corrected chi connectivity index (χ4v) is 5.21. The van der Waals surface area contributed by atoms with Crippen LogP contribution in [0.1, 0.15) is 30.4 Å². The van der Waals surface area contributed by atoms with Crippen molar-refractivity contribution in [2.24, 2.45) is 0 Å². The largest absolute Gasteiger partial charge is 0.504 e. The summed E-state index contributed by atoms with van der Waals surface area (Å²) in [5.74, 6) is -2.62. The molecule has 1 saturated heterocycles. The number of phenols is 3. The lowest BCUT2D eigenvalue weighted by Crippen LogP contribution is -2.47. The van der Waals surface area contributed by atoms with Gasteiger partial charge in [0.25, 0.3) is 0 Å². The van der Waals surface area contributed by atoms with Gasteiger partial charge >= 0.3 is 0 Å². The topological polar surface area (TPSA) is 124 Å². The number of hydrogen-bond donors (Lipinski definition) is 3. The molecular weight excluding hydrogens is 536 g/mol. The Balaban J connectivity index is 1.71. The number of amides is 1. The average Bonchev–Trinajstić information content (AvgIpc) is 2.99. The van der Waals surface area contributed by atoms with E-state index in [2.05, 4.69) is 11.5 Å². The van der Waals surface area contributed by atoms with E-state index < -0.39 is 28.6 Å². The third kappa shape index (κ3) is 5.82. The number of benzene rings is 3. The summed E-state index contributed by atoms with van der Waals surface area (Å²) in [5.41, 5.74) is 1.32. The molecular formula is C33H34N2O7. The summed E-state index contributed by atoms with van der Waals surface area (Å²) < 4.78 is 12.1. The molecule has 1 atom stereocenters. The zero-order valence-corrected chi connectivity index (χ0v) is 23.7. The molecule has 1 fully saturated rings. The second-order valence-electron chi connectivity index (χ2n) is 10.8. The van der Waals surface area contributed by atoms with Crippen LogP contribution in [0.5, 0.6) is 23.0 Å². The van der Waals surface area contributed by atoms with Gasteiger partial charge in [-0.05, 0) is 37.2 Å². The van der Waals surface area contributed by atoms with E-state index in [1.165, 1.54) is 6.07 Å². The summed E-state index contributed by atoms with van der Waals surface area (Å²) in [6, 6.07) is 17.2. The Hall–Kier alpha value is -4.76. The lowest BCUT2D eigenvalue weighted by molar-refractivity contribution is -0.133. The first-order chi connectivity index (χ1) is 20.1. The third-order valence-corrected chi connectivity index (χ3v) is 7.52. The number of aromatic hydroxyl groups is 3. The number of phenolic OH excluding ortho intramolecular Hbond substituents is 3. The van der Waals surface area contributed by atoms with Crippen molar-refractivity contribution >= 4 is 16.9 Å². The molecule has 1 aliphatic heterocycles. The molecule has 218 valence electrons. The number of fused-ring (bicyclic) bond motifs is 1. The summed E-state index contributed by atoms with van der Waals surface area (Å²) in [7, 11) is 2.00. The van der Waals surface area contributed by atoms with Gasteiger partial charge in [0.15, 0.2) is 16.9 Å². The van der Waals surface area contributed by atoms with E-state index in [0.717, 1.165) is 18.7 Å². The molecule has 0 aliphatic carbocycles. The molecule has 9 nitrogen and oxygen atoms in total. The monoisotopic (exact) mass is 570 g/mol. The molecule has 3 N–H and O–H groups in total. The maximum atomic E-state index is 13.7. The second-order valence-corrected chi connectivity index (χ2v) is 10.8. The van der Waals surface area contributed by atoms with Gasteiger partial charge in [-0.15, -0.1) is 0 Å². The number of likely N-dealkylation sites (N-methyl/N-ethyl adjacent to an activating group) is 1. The molecule has 2 heterocycles. The van der Waals surface area contributed by atoms with Crippen LogP contribution in [0.25, 0.3) is 22.3 Å². The van der Waals surface area contributed by atoms with Gasteiger partial charge in [-0.1, -0.05) is 49.0 Å². The molecule has 0 bridgehead atoms. The number of rotatable bonds is 8. The number of carbonyl (C=O) groups is 1. The molecule has 9 heteroatoms. The lowest BCUT2D eigenvalue weighted by atomic mass is 9.85. The Morgan fingerprint density at radius 2 is 1.69 bits per heavy atom. The van der Waals surface area contributed by atoms with Crippen LogP contribution in [0.4, 0.5) is 0 Å². The summed E-state index contributed by atoms with van der Waals surface area (Å²) in [6.45, 7) is 8.55. The number of ether oxygens (including phenoxy) is 1. The van der Waals surface area contributed by atoms with Crippen LogP contribution in [0.2, 0.25) is 0 Å². The first kappa shape index (κ1) is 28.8. The number of nitrogens with zero attached hydrogens (tertiary/aromatic N) is 2. The number of carbonyl (C=O) groups excluding carboxylic acids is 1. The van der Waals surface area contributed by atoms with Crippen molar-refractivity contribution in [3.05, 3.63) is 94.2 Å². The highest BCUT2D eigenvalue weighted by Crippen LogP contribution is 2.49. The Morgan fingerprint density at radius 3 is 2.38 bits per heavy atom. The van der Waals surface area contributed by atoms with Gasteiger partial charge in [-0.2, -0.15) is 0 Å². The maximum Gasteiger partial charge on any atom is 0.223 e. The molecule has 5 rings (SSSR count). The molecule has 4 aromatic rings. The van der Waals surface area contributed by atoms with Crippen LogP contribution >= 0.6 is 0 Å². The van der Waals surface area contributed by atoms with Crippen molar-refractivity contribution in [3.8, 4) is 34.3 Å². The quantitative estimate of drug-likeness (QED) is 0.203. The van der Waals surface area contributed by atoms with Crippen molar-refractivity contribution in [2.75, 3.05) is 39.8 Å². The average molecular weight is 571 g/mol. The van der Waals surface area contributed by atoms with Crippen molar-refractivity contribution in [1.29, 1.82) is 0 Å². The Bertz CT molecular complexity index is 1690. The Labute approximate surface area is 243 Å². The highest BCUT2D eigenvalue weighted by molar-refractivity contribution is 5.94. The van der Waals surface area contributed by atoms with Crippen LogP contribution in [-0.4, -0.2) is 70.9 Å². The lowest BCUT2D eigenvalue weighted by Gasteiger charge is -2.33. The minimum Gasteiger partial charge on any atom is -0.504 e. The molecule has 42 heavy (non-hydrogen) atoms. The smallest absolute Gasteiger partial charge is 0.223 e. The molecule has 1 amide bonds. The molecule has 1 aromatic heterocycles. The molecule has 0 saturated carbocycles. The summed E-state index contributed by atoms with van der Waals surface area (Å²) in [6.07, 6.45) is -0.0974. The summed E-state index contributed by atoms with van der Waals surface area (Å²) in [4.78, 5) is 30.9. The molecule has 3 aromatic carbocycles. The van der Waals surface area contributed by atoms with Crippen LogP contribution in [0, 0.1) is 0 Å². The van der Waals surface area contributed by atoms with Gasteiger partial charge < -0.3 is 34.3 Å². The van der Waals surface area contributed by atoms with E-state index in [4.69, 9.17) is 9.15 Å². The normalized spacial score (nSPS) is 14.6. The van der Waals surface area contributed by atoms with Gasteiger partial charge in [0.05, 0.1) is 0 Å². The van der Waals surface area contributed by atoms with Crippen molar-refractivity contribution in [1.82, 2.24) is 9.80 Å². The van der Waals surface area contributed by atoms with Crippen molar-refractivity contribution in [3.63, 3.8) is 0 Å². The van der Waals surface area contributed by atoms with E-state index in [1.54, 1.807) is 53.4 Å². The fourth-order valence-electron chi connectivity index (χ4n) is 5.21. The Kier molecular flexibility index (Phi) is 8.22. The van der Waals surface area contributed by atoms with Crippen LogP contribution < -0.4 is 10.2 Å². The van der Waals surface area contributed by atoms with Crippen molar-refractivity contribution in [2.45, 2.75) is 19.3 Å². The number of piperazine rings is 1. The van der Waals surface area contributed by atoms with Gasteiger partial charge in [0, 0.05) is 55.7 Å². The van der Waals surface area contributed by atoms with E-state index in [0.29, 0.717) is 30.0 Å². The SMILES string of the molecule is C=C(C)COc1cccc([C@@H](CC(=O)N2CCN(C)CC2)c2c(O)c(O)c(O)c3c(=O)cc(-c4ccccc4)oc23)c1. The van der Waals surface area contributed by atoms with E-state index in [-0.39, 0.29) is 41.2 Å². The van der Waals surface area contributed by atoms with Gasteiger partial charge in [-0.25, -0.2) is 0 Å². The third-order valence-electron chi connectivity index (χ3n) is 7.52. The van der Waals surface area contributed by atoms with E-state index >= 15 is 0 Å². The zero-order valence-electron chi connectivity index (χ0n) is 23.7. The van der Waals surface area contributed by atoms with E-state index in [1.807, 2.05) is 20.0 Å². The first-order valence-corrected chi connectivity index (χ1v) is 13.8. The molecule has 0 unspecified atom stereocenters. The van der Waals surface area contributed by atoms with Crippen LogP contribution in [0.3, 0.4) is 0 Å². The summed E-state index contributed by atoms with van der Waals surface area (Å²) in [5, 5.41) is 32.6. The highest BCUT2D eigenvalue weighted by atomic mass is 16.5. The molecule has 0 spiro atoms. The molecule has 0 radical (unpaired) electrons. The predicted octanol–water partition coefficient (Wildman–Crippen LogP) is 4.83. The van der Waals surface area contributed by atoms with Gasteiger partial charge in [0.1, 0.15) is 29.1 Å². The van der Waals surface area contributed by atoms with Gasteiger partial charge in [-0.3, -0.25) is 9.59 Å². The maximum absolute atomic E-state index is 13.7. The predicted molar refractivity (Wildman–Crippen MR) is 160 cm³/mol. The Morgan fingerprint density at radius 1 is 0.976 bits per heavy atom. The minimum atomic E-state index is -0.867. The van der Waals surface area contributed by atoms with Crippen LogP contribution in [-0.2, 0) is 4.79 Å².